The first-order chi connectivity index (χ1) is 17.3. The molecule has 3 aliphatic rings. The third-order valence-electron chi connectivity index (χ3n) is 8.34. The van der Waals surface area contributed by atoms with Crippen LogP contribution in [0.1, 0.15) is 46.4 Å². The van der Waals surface area contributed by atoms with Crippen LogP contribution in [0.4, 0.5) is 0 Å². The van der Waals surface area contributed by atoms with E-state index in [1.807, 2.05) is 0 Å². The van der Waals surface area contributed by atoms with E-state index in [0.717, 1.165) is 6.67 Å². The Kier molecular flexibility index (Phi) is 4.93. The molecule has 2 unspecified atom stereocenters. The summed E-state index contributed by atoms with van der Waals surface area (Å²) in [6.07, 6.45) is 0. The molecule has 0 amide bonds. The fraction of sp³-hybridized carbons (Fsp3) is 0.219. The van der Waals surface area contributed by atoms with Crippen molar-refractivity contribution in [2.24, 2.45) is 11.8 Å². The highest BCUT2D eigenvalue weighted by Crippen LogP contribution is 2.63. The van der Waals surface area contributed by atoms with E-state index in [1.54, 1.807) is 0 Å². The van der Waals surface area contributed by atoms with Crippen LogP contribution >= 0.6 is 0 Å². The van der Waals surface area contributed by atoms with Gasteiger partial charge in [-0.3, -0.25) is 14.6 Å². The van der Waals surface area contributed by atoms with Gasteiger partial charge in [-0.05, 0) is 22.3 Å². The molecular formula is C32H28N2O. The zero-order chi connectivity index (χ0) is 23.4. The van der Waals surface area contributed by atoms with Gasteiger partial charge in [0.1, 0.15) is 5.78 Å². The van der Waals surface area contributed by atoms with Gasteiger partial charge in [0.15, 0.2) is 0 Å². The second-order valence-electron chi connectivity index (χ2n) is 10.0. The Labute approximate surface area is 206 Å². The van der Waals surface area contributed by atoms with Crippen molar-refractivity contribution in [1.29, 1.82) is 0 Å². The van der Waals surface area contributed by atoms with Crippen LogP contribution in [0, 0.1) is 11.8 Å². The summed E-state index contributed by atoms with van der Waals surface area (Å²) >= 11 is 0. The molecule has 3 heterocycles. The maximum atomic E-state index is 14.7. The van der Waals surface area contributed by atoms with Gasteiger partial charge < -0.3 is 0 Å². The molecule has 3 heteroatoms. The smallest absolute Gasteiger partial charge is 0.146 e. The number of hydrogen-bond donors (Lipinski definition) is 0. The number of nitrogens with zero attached hydrogens (tertiary/aromatic N) is 2. The van der Waals surface area contributed by atoms with Crippen LogP contribution in [0.2, 0.25) is 0 Å². The van der Waals surface area contributed by atoms with E-state index >= 15 is 0 Å². The van der Waals surface area contributed by atoms with Crippen LogP contribution in [0.15, 0.2) is 121 Å². The second-order valence-corrected chi connectivity index (χ2v) is 10.0. The molecule has 172 valence electrons. The van der Waals surface area contributed by atoms with Gasteiger partial charge in [-0.1, -0.05) is 121 Å². The van der Waals surface area contributed by atoms with Crippen molar-refractivity contribution in [3.63, 3.8) is 0 Å². The molecule has 3 fully saturated rings. The highest BCUT2D eigenvalue weighted by Gasteiger charge is 2.65. The second kappa shape index (κ2) is 8.30. The van der Waals surface area contributed by atoms with Gasteiger partial charge in [0.05, 0.1) is 18.5 Å². The summed E-state index contributed by atoms with van der Waals surface area (Å²) in [5, 5.41) is 0. The Bertz CT molecular complexity index is 1130. The zero-order valence-corrected chi connectivity index (χ0v) is 19.5. The molecule has 3 saturated heterocycles. The fourth-order valence-corrected chi connectivity index (χ4v) is 6.89. The standard InChI is InChI=1S/C32H28N2O/c35-32-26-28(22-13-5-1-6-14-22)33(29(26)23-15-7-2-8-16-23)21-34-30(24-17-9-3-10-18-24)27(32)31(34)25-19-11-4-12-20-25/h1-20,26-31H,21H2/t26?,28-,29+,30-,31-/m1/s1. The molecule has 0 saturated carbocycles. The van der Waals surface area contributed by atoms with Gasteiger partial charge in [0.2, 0.25) is 0 Å². The van der Waals surface area contributed by atoms with E-state index in [-0.39, 0.29) is 36.0 Å². The van der Waals surface area contributed by atoms with Gasteiger partial charge in [-0.25, -0.2) is 0 Å². The van der Waals surface area contributed by atoms with Crippen molar-refractivity contribution in [3.05, 3.63) is 144 Å². The van der Waals surface area contributed by atoms with Gasteiger partial charge in [0.25, 0.3) is 0 Å². The van der Waals surface area contributed by atoms with Crippen LogP contribution in [0.3, 0.4) is 0 Å². The molecule has 35 heavy (non-hydrogen) atoms. The predicted octanol–water partition coefficient (Wildman–Crippen LogP) is 6.36. The normalized spacial score (nSPS) is 33.1. The van der Waals surface area contributed by atoms with E-state index in [4.69, 9.17) is 0 Å². The van der Waals surface area contributed by atoms with Crippen molar-refractivity contribution in [3.8, 4) is 0 Å². The van der Waals surface area contributed by atoms with Crippen LogP contribution in [-0.2, 0) is 4.79 Å². The lowest BCUT2D eigenvalue weighted by atomic mass is 9.60. The summed E-state index contributed by atoms with van der Waals surface area (Å²) in [6, 6.07) is 42.9. The summed E-state index contributed by atoms with van der Waals surface area (Å²) < 4.78 is 0. The molecular weight excluding hydrogens is 428 g/mol. The van der Waals surface area contributed by atoms with Crippen LogP contribution < -0.4 is 0 Å². The highest BCUT2D eigenvalue weighted by molar-refractivity contribution is 5.89. The lowest BCUT2D eigenvalue weighted by molar-refractivity contribution is -0.208. The van der Waals surface area contributed by atoms with Crippen molar-refractivity contribution in [1.82, 2.24) is 9.80 Å². The van der Waals surface area contributed by atoms with Gasteiger partial charge in [-0.15, -0.1) is 0 Å². The van der Waals surface area contributed by atoms with Crippen molar-refractivity contribution in [2.45, 2.75) is 24.2 Å². The molecule has 7 rings (SSSR count). The lowest BCUT2D eigenvalue weighted by Crippen LogP contribution is -2.69. The van der Waals surface area contributed by atoms with E-state index in [2.05, 4.69) is 131 Å². The molecule has 4 aromatic rings. The molecule has 0 spiro atoms. The lowest BCUT2D eigenvalue weighted by Gasteiger charge is -2.67. The molecule has 4 bridgehead atoms. The number of ketones is 1. The van der Waals surface area contributed by atoms with E-state index in [1.165, 1.54) is 22.3 Å². The summed E-state index contributed by atoms with van der Waals surface area (Å²) in [5.41, 5.74) is 4.97. The summed E-state index contributed by atoms with van der Waals surface area (Å²) in [7, 11) is 0. The molecule has 0 aliphatic carbocycles. The SMILES string of the molecule is O=C1C2[C@@H](c3ccccc3)N(CN3[C@H](c4ccccc4)C1[C@@H]3c1ccccc1)[C@@H]2c1ccccc1. The summed E-state index contributed by atoms with van der Waals surface area (Å²) in [4.78, 5) is 19.8. The Balaban J connectivity index is 1.36. The zero-order valence-electron chi connectivity index (χ0n) is 19.5. The number of fused-ring (bicyclic) bond motifs is 4. The number of benzene rings is 4. The Morgan fingerprint density at radius 2 is 0.686 bits per heavy atom. The third kappa shape index (κ3) is 3.16. The van der Waals surface area contributed by atoms with Crippen molar-refractivity contribution in [2.75, 3.05) is 6.67 Å². The van der Waals surface area contributed by atoms with Crippen molar-refractivity contribution >= 4 is 5.78 Å². The largest absolute Gasteiger partial charge is 0.299 e. The van der Waals surface area contributed by atoms with Gasteiger partial charge in [0, 0.05) is 24.2 Å². The molecule has 0 aromatic heterocycles. The molecule has 6 atom stereocenters. The molecule has 3 aliphatic heterocycles. The highest BCUT2D eigenvalue weighted by atomic mass is 16.1. The minimum atomic E-state index is -0.0512. The number of rotatable bonds is 4. The maximum absolute atomic E-state index is 14.7. The summed E-state index contributed by atoms with van der Waals surface area (Å²) in [6.45, 7) is 0.832. The minimum absolute atomic E-state index is 0.0512. The predicted molar refractivity (Wildman–Crippen MR) is 137 cm³/mol. The minimum Gasteiger partial charge on any atom is -0.299 e. The fourth-order valence-electron chi connectivity index (χ4n) is 6.89. The van der Waals surface area contributed by atoms with Gasteiger partial charge in [-0.2, -0.15) is 0 Å². The monoisotopic (exact) mass is 456 g/mol. The Hall–Kier alpha value is -3.53. The first kappa shape index (κ1) is 20.8. The van der Waals surface area contributed by atoms with Crippen LogP contribution in [0.5, 0.6) is 0 Å². The van der Waals surface area contributed by atoms with E-state index in [0.29, 0.717) is 5.78 Å². The van der Waals surface area contributed by atoms with E-state index < -0.39 is 0 Å². The number of carbonyl (C=O) groups is 1. The first-order valence-electron chi connectivity index (χ1n) is 12.6. The third-order valence-corrected chi connectivity index (χ3v) is 8.34. The van der Waals surface area contributed by atoms with Crippen molar-refractivity contribution < 1.29 is 4.79 Å². The van der Waals surface area contributed by atoms with Crippen LogP contribution in [0.25, 0.3) is 0 Å². The first-order valence-corrected chi connectivity index (χ1v) is 12.6. The number of carbonyl (C=O) groups excluding carboxylic acids is 1. The molecule has 4 aromatic carbocycles. The van der Waals surface area contributed by atoms with E-state index in [9.17, 15) is 4.79 Å². The van der Waals surface area contributed by atoms with Gasteiger partial charge >= 0.3 is 0 Å². The maximum Gasteiger partial charge on any atom is 0.146 e. The topological polar surface area (TPSA) is 23.6 Å². The number of Topliss-reactive ketones (excluding diaryl/α,β-unsaturated/α-hetero) is 1. The Morgan fingerprint density at radius 1 is 0.429 bits per heavy atom. The summed E-state index contributed by atoms with van der Waals surface area (Å²) in [5.74, 6) is 0.303. The number of hydrogen-bond acceptors (Lipinski definition) is 3. The molecule has 0 N–H and O–H groups in total. The molecule has 0 radical (unpaired) electrons. The quantitative estimate of drug-likeness (QED) is 0.357. The molecule has 3 nitrogen and oxygen atoms in total. The average molecular weight is 457 g/mol. The van der Waals surface area contributed by atoms with Crippen LogP contribution in [-0.4, -0.2) is 22.3 Å². The Morgan fingerprint density at radius 3 is 0.943 bits per heavy atom. The average Bonchev–Trinajstić information content (AvgIpc) is 2.88.